The Hall–Kier alpha value is -2.22. The van der Waals surface area contributed by atoms with E-state index in [1.54, 1.807) is 0 Å². The molecule has 0 saturated heterocycles. The summed E-state index contributed by atoms with van der Waals surface area (Å²) >= 11 is 0. The Morgan fingerprint density at radius 3 is 2.05 bits per heavy atom. The highest BCUT2D eigenvalue weighted by atomic mass is 16.3. The first-order valence-electron chi connectivity index (χ1n) is 6.74. The van der Waals surface area contributed by atoms with Gasteiger partial charge < -0.3 is 10.8 Å². The van der Waals surface area contributed by atoms with Gasteiger partial charge in [0.05, 0.1) is 0 Å². The smallest absolute Gasteiger partial charge is 0.119 e. The molecule has 0 heterocycles. The maximum Gasteiger partial charge on any atom is 0.119 e. The van der Waals surface area contributed by atoms with Gasteiger partial charge in [-0.15, -0.1) is 19.7 Å². The Morgan fingerprint density at radius 1 is 0.900 bits per heavy atom. The monoisotopic (exact) mass is 269 g/mol. The van der Waals surface area contributed by atoms with Crippen molar-refractivity contribution in [3.63, 3.8) is 0 Å². The summed E-state index contributed by atoms with van der Waals surface area (Å²) in [6.07, 6.45) is 11.8. The van der Waals surface area contributed by atoms with Crippen molar-refractivity contribution in [2.24, 2.45) is 5.73 Å². The van der Waals surface area contributed by atoms with Gasteiger partial charge in [0, 0.05) is 5.56 Å². The standard InChI is InChI=1S/C18H23NO/c1-4-8-14-13-18(20)17(11-7-12-19)16(10-6-3)15(14)9-5-2/h4-7,12-13,20H,1-3,8-11,19H2. The van der Waals surface area contributed by atoms with Crippen LogP contribution in [0.3, 0.4) is 0 Å². The fraction of sp³-hybridized carbons (Fsp3) is 0.222. The van der Waals surface area contributed by atoms with Gasteiger partial charge in [-0.3, -0.25) is 0 Å². The highest BCUT2D eigenvalue weighted by Crippen LogP contribution is 2.31. The normalized spacial score (nSPS) is 10.6. The molecule has 0 aliphatic heterocycles. The van der Waals surface area contributed by atoms with Gasteiger partial charge in [0.2, 0.25) is 0 Å². The number of rotatable bonds is 8. The minimum atomic E-state index is 0.310. The minimum absolute atomic E-state index is 0.310. The second kappa shape index (κ2) is 8.05. The fourth-order valence-corrected chi connectivity index (χ4v) is 2.41. The minimum Gasteiger partial charge on any atom is -0.508 e. The molecule has 0 fully saturated rings. The Morgan fingerprint density at radius 2 is 1.50 bits per heavy atom. The summed E-state index contributed by atoms with van der Waals surface area (Å²) in [7, 11) is 0. The highest BCUT2D eigenvalue weighted by molar-refractivity contribution is 5.52. The number of hydrogen-bond donors (Lipinski definition) is 2. The summed E-state index contributed by atoms with van der Waals surface area (Å²) < 4.78 is 0. The van der Waals surface area contributed by atoms with Crippen LogP contribution < -0.4 is 5.73 Å². The number of benzene rings is 1. The molecule has 0 unspecified atom stereocenters. The van der Waals surface area contributed by atoms with Crippen molar-refractivity contribution in [3.8, 4) is 5.75 Å². The first-order valence-corrected chi connectivity index (χ1v) is 6.74. The summed E-state index contributed by atoms with van der Waals surface area (Å²) in [5.74, 6) is 0.310. The number of aromatic hydroxyl groups is 1. The quantitative estimate of drug-likeness (QED) is 0.708. The summed E-state index contributed by atoms with van der Waals surface area (Å²) in [5.41, 5.74) is 9.75. The zero-order valence-corrected chi connectivity index (χ0v) is 11.9. The molecule has 1 aromatic carbocycles. The second-order valence-electron chi connectivity index (χ2n) is 4.60. The van der Waals surface area contributed by atoms with E-state index in [9.17, 15) is 5.11 Å². The molecule has 0 radical (unpaired) electrons. The van der Waals surface area contributed by atoms with Crippen LogP contribution >= 0.6 is 0 Å². The van der Waals surface area contributed by atoms with E-state index in [2.05, 4.69) is 19.7 Å². The molecule has 0 atom stereocenters. The van der Waals surface area contributed by atoms with Crippen molar-refractivity contribution in [2.75, 3.05) is 0 Å². The van der Waals surface area contributed by atoms with Crippen LogP contribution in [0.5, 0.6) is 5.75 Å². The third-order valence-corrected chi connectivity index (χ3v) is 3.26. The van der Waals surface area contributed by atoms with Crippen molar-refractivity contribution in [1.29, 1.82) is 0 Å². The van der Waals surface area contributed by atoms with Crippen LogP contribution in [-0.2, 0) is 25.7 Å². The van der Waals surface area contributed by atoms with E-state index < -0.39 is 0 Å². The van der Waals surface area contributed by atoms with Crippen LogP contribution in [0, 0.1) is 0 Å². The molecule has 20 heavy (non-hydrogen) atoms. The number of hydrogen-bond acceptors (Lipinski definition) is 2. The van der Waals surface area contributed by atoms with Gasteiger partial charge in [-0.25, -0.2) is 0 Å². The van der Waals surface area contributed by atoms with E-state index in [-0.39, 0.29) is 0 Å². The molecule has 0 aliphatic carbocycles. The van der Waals surface area contributed by atoms with E-state index in [1.807, 2.05) is 30.4 Å². The Balaban J connectivity index is 3.49. The summed E-state index contributed by atoms with van der Waals surface area (Å²) in [5, 5.41) is 10.3. The number of nitrogens with two attached hydrogens (primary N) is 1. The van der Waals surface area contributed by atoms with Gasteiger partial charge in [0.25, 0.3) is 0 Å². The van der Waals surface area contributed by atoms with Gasteiger partial charge in [-0.05, 0) is 54.6 Å². The molecular weight excluding hydrogens is 246 g/mol. The van der Waals surface area contributed by atoms with Crippen molar-refractivity contribution >= 4 is 0 Å². The van der Waals surface area contributed by atoms with Crippen LogP contribution in [0.4, 0.5) is 0 Å². The lowest BCUT2D eigenvalue weighted by atomic mass is 9.88. The first-order chi connectivity index (χ1) is 9.69. The molecule has 1 rings (SSSR count). The summed E-state index contributed by atoms with van der Waals surface area (Å²) in [4.78, 5) is 0. The van der Waals surface area contributed by atoms with Crippen molar-refractivity contribution < 1.29 is 5.11 Å². The molecule has 0 spiro atoms. The van der Waals surface area contributed by atoms with E-state index in [4.69, 9.17) is 5.73 Å². The molecule has 0 saturated carbocycles. The Bertz CT molecular complexity index is 527. The molecule has 106 valence electrons. The number of phenolic OH excluding ortho intramolecular Hbond substituents is 1. The van der Waals surface area contributed by atoms with E-state index in [1.165, 1.54) is 11.8 Å². The van der Waals surface area contributed by atoms with Crippen LogP contribution in [0.15, 0.2) is 56.3 Å². The molecule has 3 N–H and O–H groups in total. The highest BCUT2D eigenvalue weighted by Gasteiger charge is 2.14. The lowest BCUT2D eigenvalue weighted by Gasteiger charge is -2.18. The van der Waals surface area contributed by atoms with Gasteiger partial charge in [0.15, 0.2) is 0 Å². The van der Waals surface area contributed by atoms with Crippen LogP contribution in [0.1, 0.15) is 22.3 Å². The summed E-state index contributed by atoms with van der Waals surface area (Å²) in [6, 6.07) is 1.83. The third kappa shape index (κ3) is 3.64. The average Bonchev–Trinajstić information content (AvgIpc) is 2.43. The topological polar surface area (TPSA) is 46.2 Å². The van der Waals surface area contributed by atoms with E-state index >= 15 is 0 Å². The molecule has 2 heteroatoms. The molecule has 0 amide bonds. The maximum absolute atomic E-state index is 10.3. The van der Waals surface area contributed by atoms with Crippen molar-refractivity contribution in [1.82, 2.24) is 0 Å². The van der Waals surface area contributed by atoms with E-state index in [0.717, 1.165) is 36.0 Å². The number of allylic oxidation sites excluding steroid dienone is 4. The zero-order valence-electron chi connectivity index (χ0n) is 11.9. The number of phenols is 1. The predicted molar refractivity (Wildman–Crippen MR) is 86.8 cm³/mol. The Kier molecular flexibility index (Phi) is 6.38. The lowest BCUT2D eigenvalue weighted by molar-refractivity contribution is 0.468. The van der Waals surface area contributed by atoms with Gasteiger partial charge >= 0.3 is 0 Å². The second-order valence-corrected chi connectivity index (χ2v) is 4.60. The van der Waals surface area contributed by atoms with Crippen molar-refractivity contribution in [3.05, 3.63) is 78.6 Å². The predicted octanol–water partition coefficient (Wildman–Crippen LogP) is 3.59. The molecule has 0 aromatic heterocycles. The molecule has 0 bridgehead atoms. The van der Waals surface area contributed by atoms with Crippen LogP contribution in [0.25, 0.3) is 0 Å². The lowest BCUT2D eigenvalue weighted by Crippen LogP contribution is -2.04. The zero-order chi connectivity index (χ0) is 15.0. The SMILES string of the molecule is C=CCc1cc(O)c(CC=CN)c(CC=C)c1CC=C. The van der Waals surface area contributed by atoms with Gasteiger partial charge in [-0.2, -0.15) is 0 Å². The molecular formula is C18H23NO. The van der Waals surface area contributed by atoms with Gasteiger partial charge in [-0.1, -0.05) is 24.3 Å². The largest absolute Gasteiger partial charge is 0.508 e. The third-order valence-electron chi connectivity index (χ3n) is 3.26. The molecule has 2 nitrogen and oxygen atoms in total. The Labute approximate surface area is 121 Å². The van der Waals surface area contributed by atoms with Crippen LogP contribution in [0.2, 0.25) is 0 Å². The first kappa shape index (κ1) is 15.8. The van der Waals surface area contributed by atoms with Crippen LogP contribution in [-0.4, -0.2) is 5.11 Å². The molecule has 0 aliphatic rings. The molecule has 1 aromatic rings. The van der Waals surface area contributed by atoms with Gasteiger partial charge in [0.1, 0.15) is 5.75 Å². The summed E-state index contributed by atoms with van der Waals surface area (Å²) in [6.45, 7) is 11.4. The van der Waals surface area contributed by atoms with Crippen molar-refractivity contribution in [2.45, 2.75) is 25.7 Å². The maximum atomic E-state index is 10.3. The fourth-order valence-electron chi connectivity index (χ4n) is 2.41. The van der Waals surface area contributed by atoms with E-state index in [0.29, 0.717) is 12.2 Å². The average molecular weight is 269 g/mol.